The molecule has 148 valence electrons. The molecule has 0 saturated heterocycles. The van der Waals surface area contributed by atoms with Gasteiger partial charge >= 0.3 is 0 Å². The molecule has 0 N–H and O–H groups in total. The van der Waals surface area contributed by atoms with E-state index in [9.17, 15) is 0 Å². The van der Waals surface area contributed by atoms with Crippen LogP contribution in [0.25, 0.3) is 0 Å². The summed E-state index contributed by atoms with van der Waals surface area (Å²) in [6.07, 6.45) is 8.68. The van der Waals surface area contributed by atoms with Crippen LogP contribution < -0.4 is 4.90 Å². The van der Waals surface area contributed by atoms with Gasteiger partial charge in [0.2, 0.25) is 0 Å². The number of rotatable bonds is 6. The summed E-state index contributed by atoms with van der Waals surface area (Å²) in [5.74, 6) is 1.86. The quantitative estimate of drug-likeness (QED) is 0.581. The maximum Gasteiger partial charge on any atom is 0.158 e. The Balaban J connectivity index is 2.12. The van der Waals surface area contributed by atoms with Crippen molar-refractivity contribution in [2.45, 2.75) is 85.5 Å². The van der Waals surface area contributed by atoms with E-state index in [1.165, 1.54) is 84.4 Å². The summed E-state index contributed by atoms with van der Waals surface area (Å²) in [5.41, 5.74) is 8.47. The van der Waals surface area contributed by atoms with Crippen molar-refractivity contribution in [2.24, 2.45) is 7.05 Å². The van der Waals surface area contributed by atoms with E-state index in [-0.39, 0.29) is 0 Å². The molecule has 1 aromatic heterocycles. The van der Waals surface area contributed by atoms with Crippen LogP contribution >= 0.6 is 0 Å². The van der Waals surface area contributed by atoms with Crippen LogP contribution in [0.1, 0.15) is 86.2 Å². The Morgan fingerprint density at radius 1 is 1.00 bits per heavy atom. The zero-order valence-corrected chi connectivity index (χ0v) is 18.2. The first-order valence-corrected chi connectivity index (χ1v) is 10.9. The van der Waals surface area contributed by atoms with Crippen LogP contribution in [0.15, 0.2) is 12.1 Å². The molecule has 0 amide bonds. The van der Waals surface area contributed by atoms with Crippen LogP contribution in [0.2, 0.25) is 0 Å². The zero-order chi connectivity index (χ0) is 19.6. The van der Waals surface area contributed by atoms with Gasteiger partial charge in [-0.15, -0.1) is 0 Å². The fraction of sp³-hybridized carbons (Fsp3) is 0.625. The van der Waals surface area contributed by atoms with Crippen LogP contribution in [0.4, 0.5) is 11.5 Å². The largest absolute Gasteiger partial charge is 0.324 e. The number of nitrogens with zero attached hydrogens (tertiary/aromatic N) is 3. The topological polar surface area (TPSA) is 21.1 Å². The zero-order valence-electron chi connectivity index (χ0n) is 18.2. The van der Waals surface area contributed by atoms with Gasteiger partial charge in [-0.05, 0) is 64.0 Å². The van der Waals surface area contributed by atoms with E-state index in [1.807, 2.05) is 0 Å². The van der Waals surface area contributed by atoms with Crippen molar-refractivity contribution >= 4 is 11.5 Å². The fourth-order valence-electron chi connectivity index (χ4n) is 5.14. The molecular formula is C24H37N3. The third kappa shape index (κ3) is 3.93. The molecule has 3 rings (SSSR count). The highest BCUT2D eigenvalue weighted by Gasteiger charge is 2.29. The summed E-state index contributed by atoms with van der Waals surface area (Å²) in [5, 5.41) is 5.10. The third-order valence-corrected chi connectivity index (χ3v) is 6.05. The van der Waals surface area contributed by atoms with Crippen molar-refractivity contribution in [2.75, 3.05) is 11.4 Å². The van der Waals surface area contributed by atoms with Crippen LogP contribution in [-0.4, -0.2) is 16.3 Å². The lowest BCUT2D eigenvalue weighted by molar-refractivity contribution is 0.513. The molecule has 0 spiro atoms. The number of anilines is 2. The van der Waals surface area contributed by atoms with Crippen molar-refractivity contribution in [1.82, 2.24) is 9.78 Å². The second-order valence-corrected chi connectivity index (χ2v) is 8.44. The highest BCUT2D eigenvalue weighted by atomic mass is 15.4. The first-order valence-electron chi connectivity index (χ1n) is 10.9. The average Bonchev–Trinajstić information content (AvgIpc) is 2.79. The number of fused-ring (bicyclic) bond motifs is 1. The van der Waals surface area contributed by atoms with Crippen molar-refractivity contribution < 1.29 is 0 Å². The third-order valence-electron chi connectivity index (χ3n) is 6.05. The molecule has 0 saturated carbocycles. The Labute approximate surface area is 165 Å². The first kappa shape index (κ1) is 20.0. The monoisotopic (exact) mass is 367 g/mol. The number of hydrogen-bond donors (Lipinski definition) is 0. The molecule has 0 fully saturated rings. The second-order valence-electron chi connectivity index (χ2n) is 8.44. The summed E-state index contributed by atoms with van der Waals surface area (Å²) in [6, 6.07) is 4.63. The second kappa shape index (κ2) is 8.50. The van der Waals surface area contributed by atoms with Gasteiger partial charge in [0.1, 0.15) is 0 Å². The molecule has 3 nitrogen and oxygen atoms in total. The Kier molecular flexibility index (Phi) is 6.29. The molecule has 27 heavy (non-hydrogen) atoms. The minimum Gasteiger partial charge on any atom is -0.324 e. The molecule has 1 aromatic carbocycles. The van der Waals surface area contributed by atoms with Gasteiger partial charge in [-0.2, -0.15) is 5.10 Å². The molecule has 0 atom stereocenters. The minimum absolute atomic E-state index is 0.640. The fourth-order valence-corrected chi connectivity index (χ4v) is 5.14. The van der Waals surface area contributed by atoms with E-state index in [1.54, 1.807) is 0 Å². The summed E-state index contributed by atoms with van der Waals surface area (Å²) >= 11 is 0. The Bertz CT molecular complexity index is 758. The number of aryl methyl sites for hydroxylation is 4. The van der Waals surface area contributed by atoms with Crippen LogP contribution in [0, 0.1) is 20.8 Å². The summed E-state index contributed by atoms with van der Waals surface area (Å²) in [6.45, 7) is 12.4. The molecule has 1 aliphatic rings. The summed E-state index contributed by atoms with van der Waals surface area (Å²) in [7, 11) is 2.16. The highest BCUT2D eigenvalue weighted by Crippen LogP contribution is 2.40. The molecule has 0 bridgehead atoms. The van der Waals surface area contributed by atoms with Gasteiger partial charge < -0.3 is 4.90 Å². The summed E-state index contributed by atoms with van der Waals surface area (Å²) < 4.78 is 2.21. The molecular weight excluding hydrogens is 330 g/mol. The van der Waals surface area contributed by atoms with Crippen LogP contribution in [0.3, 0.4) is 0 Å². The Morgan fingerprint density at radius 3 is 2.22 bits per heavy atom. The lowest BCUT2D eigenvalue weighted by atomic mass is 9.90. The molecule has 0 aliphatic carbocycles. The van der Waals surface area contributed by atoms with Crippen molar-refractivity contribution in [1.29, 1.82) is 0 Å². The van der Waals surface area contributed by atoms with Gasteiger partial charge in [0, 0.05) is 36.5 Å². The number of hydrogen-bond acceptors (Lipinski definition) is 2. The van der Waals surface area contributed by atoms with Crippen molar-refractivity contribution in [3.63, 3.8) is 0 Å². The molecule has 3 heteroatoms. The summed E-state index contributed by atoms with van der Waals surface area (Å²) in [4.78, 5) is 2.52. The van der Waals surface area contributed by atoms with E-state index < -0.39 is 0 Å². The van der Waals surface area contributed by atoms with E-state index in [0.717, 1.165) is 6.54 Å². The van der Waals surface area contributed by atoms with Crippen molar-refractivity contribution in [3.8, 4) is 0 Å². The number of aromatic nitrogens is 2. The van der Waals surface area contributed by atoms with Gasteiger partial charge in [-0.1, -0.05) is 44.4 Å². The molecule has 1 aliphatic heterocycles. The standard InChI is InChI=1S/C24H37N3/c1-7-11-20(12-8-2)23-21-13-9-10-14-27(24(21)25-26(23)6)22-18(4)15-17(3)16-19(22)5/h15-16,20H,7-14H2,1-6H3. The predicted molar refractivity (Wildman–Crippen MR) is 116 cm³/mol. The molecule has 0 unspecified atom stereocenters. The maximum absolute atomic E-state index is 5.10. The normalized spacial score (nSPS) is 14.6. The van der Waals surface area contributed by atoms with Gasteiger partial charge in [0.25, 0.3) is 0 Å². The van der Waals surface area contributed by atoms with E-state index in [2.05, 4.69) is 63.4 Å². The average molecular weight is 368 g/mol. The smallest absolute Gasteiger partial charge is 0.158 e. The highest BCUT2D eigenvalue weighted by molar-refractivity contribution is 5.71. The maximum atomic E-state index is 5.10. The van der Waals surface area contributed by atoms with Crippen molar-refractivity contribution in [3.05, 3.63) is 40.1 Å². The molecule has 2 aromatic rings. The number of benzene rings is 1. The van der Waals surface area contributed by atoms with E-state index in [4.69, 9.17) is 5.10 Å². The van der Waals surface area contributed by atoms with E-state index >= 15 is 0 Å². The Morgan fingerprint density at radius 2 is 1.63 bits per heavy atom. The van der Waals surface area contributed by atoms with Crippen LogP contribution in [-0.2, 0) is 13.5 Å². The van der Waals surface area contributed by atoms with Crippen LogP contribution in [0.5, 0.6) is 0 Å². The van der Waals surface area contributed by atoms with Gasteiger partial charge in [0.15, 0.2) is 5.82 Å². The predicted octanol–water partition coefficient (Wildman–Crippen LogP) is 6.50. The first-order chi connectivity index (χ1) is 13.0. The molecule has 2 heterocycles. The van der Waals surface area contributed by atoms with E-state index in [0.29, 0.717) is 5.92 Å². The lowest BCUT2D eigenvalue weighted by Crippen LogP contribution is -2.21. The lowest BCUT2D eigenvalue weighted by Gasteiger charge is -2.26. The van der Waals surface area contributed by atoms with Gasteiger partial charge in [0.05, 0.1) is 0 Å². The molecule has 0 radical (unpaired) electrons. The Hall–Kier alpha value is -1.77. The minimum atomic E-state index is 0.640. The van der Waals surface area contributed by atoms with Gasteiger partial charge in [-0.3, -0.25) is 4.68 Å². The van der Waals surface area contributed by atoms with Gasteiger partial charge in [-0.25, -0.2) is 0 Å². The SMILES string of the molecule is CCCC(CCC)c1c2c(nn1C)N(c1c(C)cc(C)cc1C)CCCC2.